The third-order valence-electron chi connectivity index (χ3n) is 2.20. The van der Waals surface area contributed by atoms with Crippen LogP contribution in [0.1, 0.15) is 19.8 Å². The highest BCUT2D eigenvalue weighted by Crippen LogP contribution is 2.15. The van der Waals surface area contributed by atoms with E-state index in [1.807, 2.05) is 14.0 Å². The maximum absolute atomic E-state index is 10.8. The number of hydrogen-bond acceptors (Lipinski definition) is 3. The van der Waals surface area contributed by atoms with E-state index in [0.717, 1.165) is 25.1 Å². The van der Waals surface area contributed by atoms with Gasteiger partial charge in [-0.15, -0.1) is 0 Å². The Labute approximate surface area is 85.9 Å². The van der Waals surface area contributed by atoms with E-state index in [4.69, 9.17) is 5.73 Å². The van der Waals surface area contributed by atoms with Crippen molar-refractivity contribution in [1.29, 1.82) is 0 Å². The maximum Gasteiger partial charge on any atom is 0.220 e. The normalized spacial score (nSPS) is 15.3. The molecule has 3 N–H and O–H groups in total. The second-order valence-electron chi connectivity index (χ2n) is 3.48. The average molecular weight is 204 g/mol. The van der Waals surface area contributed by atoms with Gasteiger partial charge >= 0.3 is 0 Å². The van der Waals surface area contributed by atoms with E-state index in [9.17, 15) is 4.79 Å². The molecule has 2 unspecified atom stereocenters. The third kappa shape index (κ3) is 5.93. The molecule has 0 aliphatic carbocycles. The Morgan fingerprint density at radius 1 is 1.62 bits per heavy atom. The monoisotopic (exact) mass is 204 g/mol. The number of carbonyl (C=O) groups excluding carboxylic acids is 1. The summed E-state index contributed by atoms with van der Waals surface area (Å²) in [6.07, 6.45) is 1.89. The van der Waals surface area contributed by atoms with Crippen LogP contribution >= 0.6 is 12.6 Å². The fourth-order valence-corrected chi connectivity index (χ4v) is 1.76. The van der Waals surface area contributed by atoms with Crippen molar-refractivity contribution in [3.8, 4) is 0 Å². The molecule has 3 nitrogen and oxygen atoms in total. The third-order valence-corrected chi connectivity index (χ3v) is 2.46. The van der Waals surface area contributed by atoms with Crippen molar-refractivity contribution in [1.82, 2.24) is 5.32 Å². The van der Waals surface area contributed by atoms with Gasteiger partial charge in [-0.1, -0.05) is 6.92 Å². The molecule has 0 spiro atoms. The number of primary amides is 1. The summed E-state index contributed by atoms with van der Waals surface area (Å²) in [5.74, 6) is 1.13. The Balaban J connectivity index is 3.85. The minimum absolute atomic E-state index is 0.0294. The lowest BCUT2D eigenvalue weighted by Crippen LogP contribution is -2.27. The molecular weight excluding hydrogens is 184 g/mol. The highest BCUT2D eigenvalue weighted by atomic mass is 32.1. The minimum Gasteiger partial charge on any atom is -0.369 e. The Hall–Kier alpha value is -0.220. The standard InChI is InChI=1S/C9H20N2OS/c1-7(9(10)12)5-8(3-4-13)6-11-2/h7-8,11,13H,3-6H2,1-2H3,(H2,10,12). The summed E-state index contributed by atoms with van der Waals surface area (Å²) in [5, 5.41) is 3.11. The number of rotatable bonds is 7. The lowest BCUT2D eigenvalue weighted by atomic mass is 9.93. The second-order valence-corrected chi connectivity index (χ2v) is 3.92. The van der Waals surface area contributed by atoms with Gasteiger partial charge < -0.3 is 11.1 Å². The van der Waals surface area contributed by atoms with Crippen molar-refractivity contribution in [2.45, 2.75) is 19.8 Å². The average Bonchev–Trinajstić information content (AvgIpc) is 2.05. The summed E-state index contributed by atoms with van der Waals surface area (Å²) in [4.78, 5) is 10.8. The van der Waals surface area contributed by atoms with E-state index in [2.05, 4.69) is 17.9 Å². The summed E-state index contributed by atoms with van der Waals surface area (Å²) >= 11 is 4.18. The first-order chi connectivity index (χ1) is 6.11. The fourth-order valence-electron chi connectivity index (χ4n) is 1.39. The predicted molar refractivity (Wildman–Crippen MR) is 58.9 cm³/mol. The summed E-state index contributed by atoms with van der Waals surface area (Å²) in [6, 6.07) is 0. The highest BCUT2D eigenvalue weighted by molar-refractivity contribution is 7.80. The van der Waals surface area contributed by atoms with Gasteiger partial charge in [-0.2, -0.15) is 12.6 Å². The number of nitrogens with two attached hydrogens (primary N) is 1. The molecule has 78 valence electrons. The zero-order valence-corrected chi connectivity index (χ0v) is 9.31. The first-order valence-electron chi connectivity index (χ1n) is 4.66. The molecule has 0 heterocycles. The Kier molecular flexibility index (Phi) is 7.09. The fraction of sp³-hybridized carbons (Fsp3) is 0.889. The summed E-state index contributed by atoms with van der Waals surface area (Å²) in [5.41, 5.74) is 5.20. The van der Waals surface area contributed by atoms with Crippen molar-refractivity contribution < 1.29 is 4.79 Å². The lowest BCUT2D eigenvalue weighted by Gasteiger charge is -2.17. The largest absolute Gasteiger partial charge is 0.369 e. The zero-order valence-electron chi connectivity index (χ0n) is 8.42. The first kappa shape index (κ1) is 12.8. The van der Waals surface area contributed by atoms with Gasteiger partial charge in [0.1, 0.15) is 0 Å². The molecule has 0 bridgehead atoms. The van der Waals surface area contributed by atoms with Crippen molar-refractivity contribution in [3.63, 3.8) is 0 Å². The summed E-state index contributed by atoms with van der Waals surface area (Å²) in [7, 11) is 1.92. The molecule has 0 saturated carbocycles. The highest BCUT2D eigenvalue weighted by Gasteiger charge is 2.15. The molecule has 2 atom stereocenters. The van der Waals surface area contributed by atoms with Gasteiger partial charge in [0.05, 0.1) is 0 Å². The molecule has 1 amide bonds. The molecule has 0 saturated heterocycles. The molecule has 13 heavy (non-hydrogen) atoms. The minimum atomic E-state index is -0.208. The van der Waals surface area contributed by atoms with Crippen molar-refractivity contribution in [3.05, 3.63) is 0 Å². The van der Waals surface area contributed by atoms with Crippen LogP contribution in [0, 0.1) is 11.8 Å². The van der Waals surface area contributed by atoms with Gasteiger partial charge in [-0.3, -0.25) is 4.79 Å². The van der Waals surface area contributed by atoms with Crippen LogP contribution in [0.4, 0.5) is 0 Å². The van der Waals surface area contributed by atoms with Crippen LogP contribution in [0.2, 0.25) is 0 Å². The van der Waals surface area contributed by atoms with Gasteiger partial charge in [0.25, 0.3) is 0 Å². The molecule has 4 heteroatoms. The quantitative estimate of drug-likeness (QED) is 0.533. The molecule has 0 rings (SSSR count). The first-order valence-corrected chi connectivity index (χ1v) is 5.29. The Morgan fingerprint density at radius 2 is 2.23 bits per heavy atom. The zero-order chi connectivity index (χ0) is 10.3. The number of amides is 1. The predicted octanol–water partition coefficient (Wildman–Crippen LogP) is 0.653. The van der Waals surface area contributed by atoms with Crippen LogP contribution in [-0.4, -0.2) is 25.3 Å². The molecule has 0 aliphatic heterocycles. The summed E-state index contributed by atoms with van der Waals surface area (Å²) in [6.45, 7) is 2.81. The van der Waals surface area contributed by atoms with Crippen LogP contribution in [0.15, 0.2) is 0 Å². The van der Waals surface area contributed by atoms with Gasteiger partial charge in [0, 0.05) is 5.92 Å². The van der Waals surface area contributed by atoms with Gasteiger partial charge in [-0.05, 0) is 38.1 Å². The second kappa shape index (κ2) is 7.21. The van der Waals surface area contributed by atoms with Crippen molar-refractivity contribution in [2.24, 2.45) is 17.6 Å². The van der Waals surface area contributed by atoms with Crippen molar-refractivity contribution >= 4 is 18.5 Å². The molecule has 0 aliphatic rings. The van der Waals surface area contributed by atoms with Crippen LogP contribution in [0.3, 0.4) is 0 Å². The number of thiol groups is 1. The van der Waals surface area contributed by atoms with E-state index < -0.39 is 0 Å². The molecule has 0 radical (unpaired) electrons. The molecular formula is C9H20N2OS. The topological polar surface area (TPSA) is 55.1 Å². The Bertz CT molecular complexity index is 147. The van der Waals surface area contributed by atoms with E-state index >= 15 is 0 Å². The van der Waals surface area contributed by atoms with E-state index in [-0.39, 0.29) is 11.8 Å². The van der Waals surface area contributed by atoms with Crippen LogP contribution in [-0.2, 0) is 4.79 Å². The van der Waals surface area contributed by atoms with E-state index in [1.54, 1.807) is 0 Å². The van der Waals surface area contributed by atoms with E-state index in [0.29, 0.717) is 5.92 Å². The molecule has 0 aromatic rings. The summed E-state index contributed by atoms with van der Waals surface area (Å²) < 4.78 is 0. The molecule has 0 fully saturated rings. The number of carbonyl (C=O) groups is 1. The lowest BCUT2D eigenvalue weighted by molar-refractivity contribution is -0.121. The van der Waals surface area contributed by atoms with Crippen LogP contribution in [0.25, 0.3) is 0 Å². The van der Waals surface area contributed by atoms with Crippen LogP contribution < -0.4 is 11.1 Å². The number of nitrogens with one attached hydrogen (secondary N) is 1. The molecule has 0 aromatic carbocycles. The number of hydrogen-bond donors (Lipinski definition) is 3. The van der Waals surface area contributed by atoms with Gasteiger partial charge in [0.2, 0.25) is 5.91 Å². The van der Waals surface area contributed by atoms with Gasteiger partial charge in [0.15, 0.2) is 0 Å². The molecule has 0 aromatic heterocycles. The van der Waals surface area contributed by atoms with E-state index in [1.165, 1.54) is 0 Å². The van der Waals surface area contributed by atoms with Crippen molar-refractivity contribution in [2.75, 3.05) is 19.3 Å². The van der Waals surface area contributed by atoms with Crippen LogP contribution in [0.5, 0.6) is 0 Å². The smallest absolute Gasteiger partial charge is 0.220 e. The maximum atomic E-state index is 10.8. The van der Waals surface area contributed by atoms with Gasteiger partial charge in [-0.25, -0.2) is 0 Å². The SMILES string of the molecule is CNCC(CCS)CC(C)C(N)=O. The Morgan fingerprint density at radius 3 is 2.62 bits per heavy atom.